The highest BCUT2D eigenvalue weighted by Crippen LogP contribution is 2.27. The minimum Gasteiger partial charge on any atom is -0.391 e. The average Bonchev–Trinajstić information content (AvgIpc) is 1.38. The first-order valence-corrected chi connectivity index (χ1v) is 31.2. The molecule has 14 atom stereocenters. The van der Waals surface area contributed by atoms with Gasteiger partial charge in [0.2, 0.25) is 59.1 Å². The van der Waals surface area contributed by atoms with Crippen molar-refractivity contribution >= 4 is 59.1 Å². The summed E-state index contributed by atoms with van der Waals surface area (Å²) in [4.78, 5) is 155. The molecule has 0 bridgehead atoms. The normalized spacial score (nSPS) is 28.5. The molecule has 1 rings (SSSR count). The van der Waals surface area contributed by atoms with Gasteiger partial charge in [-0.05, 0) is 108 Å². The number of likely N-dealkylation sites (N-methyl/N-ethyl adjacent to an activating group) is 7. The molecule has 14 unspecified atom stereocenters. The van der Waals surface area contributed by atoms with Crippen LogP contribution in [0.15, 0.2) is 12.2 Å². The zero-order chi connectivity index (χ0) is 66.8. The lowest BCUT2D eigenvalue weighted by Gasteiger charge is -2.43. The lowest BCUT2D eigenvalue weighted by atomic mass is 9.91. The summed E-state index contributed by atoms with van der Waals surface area (Å²) >= 11 is 0. The molecule has 0 aromatic carbocycles. The largest absolute Gasteiger partial charge is 0.391 e. The summed E-state index contributed by atoms with van der Waals surface area (Å²) in [6.45, 7) is 33.1. The molecule has 86 heavy (non-hydrogen) atoms. The molecule has 0 aliphatic carbocycles. The number of allylic oxidation sites excluding steroid dienone is 2. The van der Waals surface area contributed by atoms with Crippen LogP contribution in [-0.2, 0) is 47.9 Å². The first-order valence-electron chi connectivity index (χ1n) is 31.2. The van der Waals surface area contributed by atoms with Crippen LogP contribution in [0.4, 0.5) is 0 Å². The number of aliphatic hydroxyl groups is 2. The smallest absolute Gasteiger partial charge is 0.245 e. The summed E-state index contributed by atoms with van der Waals surface area (Å²) in [7, 11) is 8.67. The van der Waals surface area contributed by atoms with E-state index in [1.165, 1.54) is 97.4 Å². The van der Waals surface area contributed by atoms with Crippen LogP contribution in [0.1, 0.15) is 164 Å². The first kappa shape index (κ1) is 78.3. The number of rotatable bonds is 15. The highest BCUT2D eigenvalue weighted by atomic mass is 16.3. The topological polar surface area (TPSA) is 282 Å². The van der Waals surface area contributed by atoms with Gasteiger partial charge < -0.3 is 60.5 Å². The second-order valence-electron chi connectivity index (χ2n) is 26.3. The zero-order valence-electron chi connectivity index (χ0n) is 57.1. The van der Waals surface area contributed by atoms with E-state index in [9.17, 15) is 48.6 Å². The quantitative estimate of drug-likeness (QED) is 0.128. The zero-order valence-corrected chi connectivity index (χ0v) is 57.1. The van der Waals surface area contributed by atoms with Gasteiger partial charge in [0.25, 0.3) is 0 Å². The van der Waals surface area contributed by atoms with Crippen LogP contribution in [0, 0.1) is 41.4 Å². The van der Waals surface area contributed by atoms with Gasteiger partial charge in [-0.25, -0.2) is 0 Å². The molecule has 23 nitrogen and oxygen atoms in total. The lowest BCUT2D eigenvalue weighted by Crippen LogP contribution is -2.65. The molecule has 0 aromatic heterocycles. The Kier molecular flexibility index (Phi) is 32.2. The summed E-state index contributed by atoms with van der Waals surface area (Å²) in [5, 5.41) is 35.8. The Balaban J connectivity index is 4.39. The van der Waals surface area contributed by atoms with Crippen LogP contribution < -0.4 is 21.3 Å². The number of hydrogen-bond donors (Lipinski definition) is 6. The maximum absolute atomic E-state index is 15.2. The van der Waals surface area contributed by atoms with Gasteiger partial charge in [-0.2, -0.15) is 0 Å². The van der Waals surface area contributed by atoms with E-state index in [-0.39, 0.29) is 50.0 Å². The van der Waals surface area contributed by atoms with Gasteiger partial charge in [0, 0.05) is 48.8 Å². The third-order valence-electron chi connectivity index (χ3n) is 16.8. The second kappa shape index (κ2) is 35.3. The number of aliphatic hydroxyl groups excluding tert-OH is 2. The van der Waals surface area contributed by atoms with E-state index in [0.717, 1.165) is 0 Å². The minimum absolute atomic E-state index is 0.0250. The van der Waals surface area contributed by atoms with E-state index in [0.29, 0.717) is 6.42 Å². The van der Waals surface area contributed by atoms with Crippen molar-refractivity contribution in [2.24, 2.45) is 41.4 Å². The fourth-order valence-corrected chi connectivity index (χ4v) is 11.3. The van der Waals surface area contributed by atoms with Crippen LogP contribution in [0.25, 0.3) is 0 Å². The summed E-state index contributed by atoms with van der Waals surface area (Å²) in [5.74, 6) is -8.87. The van der Waals surface area contributed by atoms with Crippen molar-refractivity contribution < 1.29 is 58.2 Å². The molecule has 0 aromatic rings. The van der Waals surface area contributed by atoms with Crippen LogP contribution in [-0.4, -0.2) is 231 Å². The molecular weight excluding hydrogens is 1100 g/mol. The first-order chi connectivity index (χ1) is 39.7. The molecule has 6 N–H and O–H groups in total. The number of carbonyl (C=O) groups is 10. The van der Waals surface area contributed by atoms with Crippen molar-refractivity contribution in [3.63, 3.8) is 0 Å². The van der Waals surface area contributed by atoms with Gasteiger partial charge in [-0.15, -0.1) is 0 Å². The van der Waals surface area contributed by atoms with Crippen LogP contribution in [0.5, 0.6) is 0 Å². The number of amides is 10. The Morgan fingerprint density at radius 2 is 0.942 bits per heavy atom. The Morgan fingerprint density at radius 3 is 1.38 bits per heavy atom. The van der Waals surface area contributed by atoms with Gasteiger partial charge >= 0.3 is 0 Å². The molecule has 1 saturated heterocycles. The predicted molar refractivity (Wildman–Crippen MR) is 334 cm³/mol. The molecule has 23 heteroatoms. The maximum Gasteiger partial charge on any atom is 0.245 e. The summed E-state index contributed by atoms with van der Waals surface area (Å²) in [5.41, 5.74) is 0. The lowest BCUT2D eigenvalue weighted by molar-refractivity contribution is -0.158. The van der Waals surface area contributed by atoms with Gasteiger partial charge in [-0.3, -0.25) is 53.3 Å². The Morgan fingerprint density at radius 1 is 0.488 bits per heavy atom. The molecule has 1 heterocycles. The molecular formula is C63H115N11O12. The summed E-state index contributed by atoms with van der Waals surface area (Å²) in [6.07, 6.45) is 1.38. The van der Waals surface area contributed by atoms with Gasteiger partial charge in [-0.1, -0.05) is 109 Å². The highest BCUT2D eigenvalue weighted by Gasteiger charge is 2.46. The Bertz CT molecular complexity index is 2310. The number of nitrogens with one attached hydrogen (secondary N) is 4. The Hall–Kier alpha value is -5.68. The molecule has 10 amide bonds. The van der Waals surface area contributed by atoms with Crippen molar-refractivity contribution in [3.05, 3.63) is 12.2 Å². The molecule has 1 fully saturated rings. The van der Waals surface area contributed by atoms with Gasteiger partial charge in [0.05, 0.1) is 18.2 Å². The fourth-order valence-electron chi connectivity index (χ4n) is 11.3. The third kappa shape index (κ3) is 20.7. The predicted octanol–water partition coefficient (Wildman–Crippen LogP) is 3.45. The summed E-state index contributed by atoms with van der Waals surface area (Å²) in [6, 6.07) is -13.2. The molecule has 1 aliphatic heterocycles. The van der Waals surface area contributed by atoms with E-state index in [1.54, 1.807) is 62.3 Å². The molecule has 0 saturated carbocycles. The van der Waals surface area contributed by atoms with E-state index in [2.05, 4.69) is 21.3 Å². The average molecular weight is 1220 g/mol. The maximum atomic E-state index is 15.2. The van der Waals surface area contributed by atoms with Gasteiger partial charge in [0.1, 0.15) is 60.6 Å². The van der Waals surface area contributed by atoms with Crippen molar-refractivity contribution in [2.45, 2.75) is 242 Å². The monoisotopic (exact) mass is 1220 g/mol. The van der Waals surface area contributed by atoms with Crippen molar-refractivity contribution in [1.82, 2.24) is 55.6 Å². The molecule has 0 radical (unpaired) electrons. The van der Waals surface area contributed by atoms with E-state index >= 15 is 9.59 Å². The van der Waals surface area contributed by atoms with Crippen LogP contribution in [0.2, 0.25) is 0 Å². The summed E-state index contributed by atoms with van der Waals surface area (Å²) < 4.78 is 0. The third-order valence-corrected chi connectivity index (χ3v) is 16.8. The van der Waals surface area contributed by atoms with Gasteiger partial charge in [0.15, 0.2) is 0 Å². The second-order valence-corrected chi connectivity index (χ2v) is 26.3. The van der Waals surface area contributed by atoms with Crippen molar-refractivity contribution in [3.8, 4) is 0 Å². The minimum atomic E-state index is -1.77. The van der Waals surface area contributed by atoms with Crippen molar-refractivity contribution in [1.29, 1.82) is 0 Å². The fraction of sp³-hybridized carbons (Fsp3) is 0.810. The number of nitrogens with zero attached hydrogens (tertiary/aromatic N) is 7. The van der Waals surface area contributed by atoms with Crippen molar-refractivity contribution in [2.75, 3.05) is 48.8 Å². The van der Waals surface area contributed by atoms with Crippen LogP contribution >= 0.6 is 0 Å². The van der Waals surface area contributed by atoms with E-state index in [1.807, 2.05) is 60.6 Å². The highest BCUT2D eigenvalue weighted by molar-refractivity contribution is 5.98. The molecule has 494 valence electrons. The SMILES string of the molecule is CC=CCC(C)C(O)C1C(O)NC(CC)C(=O)N(C)C(C)C(=O)N(CC)C(C(C)C)C(=O)NC(C(C)C)C(=O)N(C)C(CC(C)C)C(=O)NC(C)C(=O)NC(C)C(=O)N(C)C(CC(C)C)C(=O)N(C)C(CC(C)C)C(=O)N(C)C(C(C)C)C(=O)N1C. The molecule has 0 spiro atoms. The van der Waals surface area contributed by atoms with E-state index < -0.39 is 162 Å². The van der Waals surface area contributed by atoms with Crippen LogP contribution in [0.3, 0.4) is 0 Å². The standard InChI is InChI=1S/C63H115N11O12/c1-26-29-30-40(16)52(75)51-56(79)66-44(27-2)59(82)68(20)43(19)58(81)74(28-3)49(38(12)13)55(78)67-48(37(10)11)62(85)69(21)45(31-34(4)5)54(77)64-41(17)53(76)65-42(18)57(80)70(22)46(32-35(6)7)60(83)71(23)47(33-36(8)9)61(84)72(24)50(39(14)15)63(86)73(51)25/h26,29,34-52,56,66,75,79H,27-28,30-33H2,1-25H3,(H,64,77)(H,65,76)(H,67,78). The number of hydrogen-bond acceptors (Lipinski definition) is 13. The van der Waals surface area contributed by atoms with E-state index in [4.69, 9.17) is 0 Å². The Labute approximate surface area is 515 Å². The molecule has 1 aliphatic rings. The number of carbonyl (C=O) groups excluding carboxylic acids is 10.